The molecule has 4 heteroatoms. The smallest absolute Gasteiger partial charge is 0.137 e. The number of rotatable bonds is 9. The molecule has 0 amide bonds. The van der Waals surface area contributed by atoms with Crippen LogP contribution in [0.3, 0.4) is 0 Å². The van der Waals surface area contributed by atoms with Gasteiger partial charge in [-0.15, -0.1) is 11.3 Å². The summed E-state index contributed by atoms with van der Waals surface area (Å²) in [6.07, 6.45) is 0. The molecular weight excluding hydrogens is 797 g/mol. The standard InChI is InChI=1S/C60H40N2OS/c1-4-14-41(15-5-1)44-16-12-21-51(38-44)62(55-23-13-25-57-60(55)53-22-10-11-24-56(53)63-57)50-34-28-43(29-35-50)46-30-36-52-54-39-45(31-37-58(54)64-59(52)40-46)42-26-32-49(33-27-42)61(47-17-6-2-7-18-47)48-19-8-3-9-20-48/h1-40H. The first-order valence-electron chi connectivity index (χ1n) is 21.7. The van der Waals surface area contributed by atoms with Crippen LogP contribution in [-0.4, -0.2) is 0 Å². The second kappa shape index (κ2) is 15.9. The van der Waals surface area contributed by atoms with Crippen molar-refractivity contribution >= 4 is 87.6 Å². The van der Waals surface area contributed by atoms with Gasteiger partial charge in [0.2, 0.25) is 0 Å². The number of hydrogen-bond donors (Lipinski definition) is 0. The third-order valence-electron chi connectivity index (χ3n) is 12.3. The number of anilines is 6. The van der Waals surface area contributed by atoms with Crippen molar-refractivity contribution in [2.75, 3.05) is 9.80 Å². The molecule has 0 bridgehead atoms. The number of nitrogens with zero attached hydrogens (tertiary/aromatic N) is 2. The van der Waals surface area contributed by atoms with Gasteiger partial charge >= 0.3 is 0 Å². The molecule has 10 aromatic carbocycles. The van der Waals surface area contributed by atoms with E-state index in [9.17, 15) is 0 Å². The quantitative estimate of drug-likeness (QED) is 0.144. The lowest BCUT2D eigenvalue weighted by molar-refractivity contribution is 0.669. The molecule has 12 rings (SSSR count). The summed E-state index contributed by atoms with van der Waals surface area (Å²) in [7, 11) is 0. The second-order valence-corrected chi connectivity index (χ2v) is 17.2. The van der Waals surface area contributed by atoms with Gasteiger partial charge in [-0.1, -0.05) is 146 Å². The molecule has 0 unspecified atom stereocenters. The Kier molecular flexibility index (Phi) is 9.36. The van der Waals surface area contributed by atoms with E-state index in [2.05, 4.69) is 240 Å². The van der Waals surface area contributed by atoms with Gasteiger partial charge in [0, 0.05) is 54.0 Å². The van der Waals surface area contributed by atoms with Gasteiger partial charge in [0.15, 0.2) is 0 Å². The van der Waals surface area contributed by atoms with Crippen LogP contribution in [0.15, 0.2) is 247 Å². The lowest BCUT2D eigenvalue weighted by Crippen LogP contribution is -2.10. The van der Waals surface area contributed by atoms with Gasteiger partial charge in [0.05, 0.1) is 11.1 Å². The molecular formula is C60H40N2OS. The zero-order valence-corrected chi connectivity index (χ0v) is 35.6. The Labute approximate surface area is 376 Å². The van der Waals surface area contributed by atoms with E-state index in [0.29, 0.717) is 0 Å². The van der Waals surface area contributed by atoms with Crippen molar-refractivity contribution in [2.45, 2.75) is 0 Å². The van der Waals surface area contributed by atoms with Crippen molar-refractivity contribution in [3.05, 3.63) is 243 Å². The van der Waals surface area contributed by atoms with E-state index in [0.717, 1.165) is 56.1 Å². The van der Waals surface area contributed by atoms with Gasteiger partial charge in [0.25, 0.3) is 0 Å². The summed E-state index contributed by atoms with van der Waals surface area (Å²) in [4.78, 5) is 4.66. The zero-order valence-electron chi connectivity index (χ0n) is 34.8. The van der Waals surface area contributed by atoms with Gasteiger partial charge in [0.1, 0.15) is 11.2 Å². The Morgan fingerprint density at radius 2 is 0.781 bits per heavy atom. The summed E-state index contributed by atoms with van der Waals surface area (Å²) < 4.78 is 8.95. The fourth-order valence-corrected chi connectivity index (χ4v) is 10.3. The lowest BCUT2D eigenvalue weighted by atomic mass is 10.00. The van der Waals surface area contributed by atoms with E-state index < -0.39 is 0 Å². The molecule has 0 fully saturated rings. The van der Waals surface area contributed by atoms with Crippen molar-refractivity contribution in [3.63, 3.8) is 0 Å². The molecule has 0 atom stereocenters. The minimum absolute atomic E-state index is 0.871. The maximum Gasteiger partial charge on any atom is 0.137 e. The van der Waals surface area contributed by atoms with E-state index in [1.54, 1.807) is 0 Å². The first-order valence-corrected chi connectivity index (χ1v) is 22.5. The molecule has 0 radical (unpaired) electrons. The normalized spacial score (nSPS) is 11.4. The molecule has 2 heterocycles. The number of thiophene rings is 1. The van der Waals surface area contributed by atoms with E-state index in [-0.39, 0.29) is 0 Å². The number of furan rings is 1. The highest BCUT2D eigenvalue weighted by Crippen LogP contribution is 2.45. The molecule has 0 N–H and O–H groups in total. The summed E-state index contributed by atoms with van der Waals surface area (Å²) in [5, 5.41) is 4.76. The minimum atomic E-state index is 0.871. The molecule has 0 aliphatic heterocycles. The highest BCUT2D eigenvalue weighted by atomic mass is 32.1. The average molecular weight is 837 g/mol. The molecule has 0 aliphatic carbocycles. The van der Waals surface area contributed by atoms with Crippen molar-refractivity contribution < 1.29 is 4.42 Å². The fourth-order valence-electron chi connectivity index (χ4n) is 9.17. The van der Waals surface area contributed by atoms with Crippen LogP contribution in [0.2, 0.25) is 0 Å². The van der Waals surface area contributed by atoms with Gasteiger partial charge in [-0.25, -0.2) is 0 Å². The van der Waals surface area contributed by atoms with Gasteiger partial charge in [-0.3, -0.25) is 0 Å². The Morgan fingerprint density at radius 1 is 0.281 bits per heavy atom. The van der Waals surface area contributed by atoms with Crippen LogP contribution in [0.5, 0.6) is 0 Å². The van der Waals surface area contributed by atoms with Crippen molar-refractivity contribution in [1.82, 2.24) is 0 Å². The summed E-state index contributed by atoms with van der Waals surface area (Å²) in [6.45, 7) is 0. The fraction of sp³-hybridized carbons (Fsp3) is 0. The van der Waals surface area contributed by atoms with Crippen LogP contribution >= 0.6 is 11.3 Å². The van der Waals surface area contributed by atoms with E-state index >= 15 is 0 Å². The SMILES string of the molecule is c1ccc(-c2cccc(N(c3ccc(-c4ccc5c(c4)sc4ccc(-c6ccc(N(c7ccccc7)c7ccccc7)cc6)cc45)cc3)c3cccc4oc5ccccc5c34)c2)cc1. The van der Waals surface area contributed by atoms with Gasteiger partial charge < -0.3 is 14.2 Å². The van der Waals surface area contributed by atoms with Crippen molar-refractivity contribution in [1.29, 1.82) is 0 Å². The van der Waals surface area contributed by atoms with Crippen LogP contribution < -0.4 is 9.80 Å². The predicted octanol–water partition coefficient (Wildman–Crippen LogP) is 17.9. The number of hydrogen-bond acceptors (Lipinski definition) is 4. The predicted molar refractivity (Wildman–Crippen MR) is 272 cm³/mol. The van der Waals surface area contributed by atoms with Crippen LogP contribution in [-0.2, 0) is 0 Å². The first-order chi connectivity index (χ1) is 31.7. The van der Waals surface area contributed by atoms with Gasteiger partial charge in [-0.2, -0.15) is 0 Å². The van der Waals surface area contributed by atoms with Crippen molar-refractivity contribution in [3.8, 4) is 33.4 Å². The summed E-state index contributed by atoms with van der Waals surface area (Å²) >= 11 is 1.86. The highest BCUT2D eigenvalue weighted by molar-refractivity contribution is 7.25. The monoisotopic (exact) mass is 836 g/mol. The third kappa shape index (κ3) is 6.78. The Balaban J connectivity index is 0.880. The maximum atomic E-state index is 6.38. The summed E-state index contributed by atoms with van der Waals surface area (Å²) in [5.74, 6) is 0. The molecule has 302 valence electrons. The Hall–Kier alpha value is -8.18. The summed E-state index contributed by atoms with van der Waals surface area (Å²) in [6, 6.07) is 86.9. The van der Waals surface area contributed by atoms with E-state index in [1.807, 2.05) is 23.5 Å². The third-order valence-corrected chi connectivity index (χ3v) is 13.4. The van der Waals surface area contributed by atoms with Crippen molar-refractivity contribution in [2.24, 2.45) is 0 Å². The zero-order chi connectivity index (χ0) is 42.4. The molecule has 64 heavy (non-hydrogen) atoms. The largest absolute Gasteiger partial charge is 0.456 e. The van der Waals surface area contributed by atoms with Gasteiger partial charge in [-0.05, 0) is 130 Å². The van der Waals surface area contributed by atoms with Crippen LogP contribution in [0.25, 0.3) is 75.5 Å². The van der Waals surface area contributed by atoms with Crippen LogP contribution in [0.4, 0.5) is 34.1 Å². The second-order valence-electron chi connectivity index (χ2n) is 16.1. The molecule has 2 aromatic heterocycles. The minimum Gasteiger partial charge on any atom is -0.456 e. The van der Waals surface area contributed by atoms with E-state index in [4.69, 9.17) is 4.42 Å². The van der Waals surface area contributed by atoms with Crippen LogP contribution in [0, 0.1) is 0 Å². The molecule has 0 saturated carbocycles. The van der Waals surface area contributed by atoms with Crippen LogP contribution in [0.1, 0.15) is 0 Å². The Bertz CT molecular complexity index is 3560. The topological polar surface area (TPSA) is 19.6 Å². The average Bonchev–Trinajstić information content (AvgIpc) is 3.94. The first kappa shape index (κ1) is 37.6. The summed E-state index contributed by atoms with van der Waals surface area (Å²) in [5.41, 5.74) is 15.5. The molecule has 3 nitrogen and oxygen atoms in total. The molecule has 0 aliphatic rings. The number of benzene rings is 10. The maximum absolute atomic E-state index is 6.38. The molecule has 0 saturated heterocycles. The Morgan fingerprint density at radius 3 is 1.50 bits per heavy atom. The highest BCUT2D eigenvalue weighted by Gasteiger charge is 2.20. The molecule has 0 spiro atoms. The van der Waals surface area contributed by atoms with E-state index in [1.165, 1.54) is 53.6 Å². The number of para-hydroxylation sites is 3. The molecule has 12 aromatic rings. The lowest BCUT2D eigenvalue weighted by Gasteiger charge is -2.27. The number of fused-ring (bicyclic) bond motifs is 6.